The Morgan fingerprint density at radius 1 is 1.10 bits per heavy atom. The largest absolute Gasteiger partial charge is 0.337 e. The van der Waals surface area contributed by atoms with Crippen LogP contribution in [0.3, 0.4) is 0 Å². The van der Waals surface area contributed by atoms with Gasteiger partial charge in [-0.3, -0.25) is 0 Å². The van der Waals surface area contributed by atoms with Crippen molar-refractivity contribution in [1.82, 2.24) is 0 Å². The molecule has 21 heavy (non-hydrogen) atoms. The first kappa shape index (κ1) is 14.4. The topological polar surface area (TPSA) is 37.4 Å². The molecule has 0 atom stereocenters. The van der Waals surface area contributed by atoms with Gasteiger partial charge in [-0.25, -0.2) is 8.42 Å². The normalized spacial score (nSPS) is 14.1. The van der Waals surface area contributed by atoms with E-state index in [0.29, 0.717) is 4.90 Å². The molecule has 0 fully saturated rings. The molecule has 0 radical (unpaired) electrons. The maximum absolute atomic E-state index is 11.5. The van der Waals surface area contributed by atoms with Crippen molar-refractivity contribution in [3.63, 3.8) is 0 Å². The number of benzene rings is 2. The Bertz CT molecular complexity index is 811. The summed E-state index contributed by atoms with van der Waals surface area (Å²) in [5.74, 6) is 0. The first-order valence-corrected chi connectivity index (χ1v) is 9.17. The molecule has 2 aromatic rings. The molecule has 0 unspecified atom stereocenters. The monoisotopic (exact) mass is 363 g/mol. The minimum absolute atomic E-state index is 0.342. The summed E-state index contributed by atoms with van der Waals surface area (Å²) in [6, 6.07) is 13.2. The molecule has 3 nitrogen and oxygen atoms in total. The molecule has 3 rings (SSSR count). The molecule has 0 aliphatic carbocycles. The van der Waals surface area contributed by atoms with Crippen LogP contribution in [0.2, 0.25) is 0 Å². The van der Waals surface area contributed by atoms with E-state index in [1.54, 1.807) is 12.1 Å². The van der Waals surface area contributed by atoms with Crippen LogP contribution in [0.4, 0.5) is 11.4 Å². The Balaban J connectivity index is 2.01. The van der Waals surface area contributed by atoms with Gasteiger partial charge < -0.3 is 4.90 Å². The number of nitrogens with zero attached hydrogens (tertiary/aromatic N) is 1. The molecular weight excluding hydrogens is 350 g/mol. The van der Waals surface area contributed by atoms with Crippen LogP contribution in [0.5, 0.6) is 0 Å². The Morgan fingerprint density at radius 3 is 2.48 bits per heavy atom. The number of anilines is 2. The Morgan fingerprint density at radius 2 is 1.81 bits per heavy atom. The highest BCUT2D eigenvalue weighted by Gasteiger charge is 2.16. The van der Waals surface area contributed by atoms with E-state index in [2.05, 4.69) is 45.1 Å². The number of hydrogen-bond acceptors (Lipinski definition) is 3. The van der Waals surface area contributed by atoms with E-state index in [9.17, 15) is 8.42 Å². The molecule has 2 aromatic carbocycles. The van der Waals surface area contributed by atoms with Gasteiger partial charge >= 0.3 is 0 Å². The lowest BCUT2D eigenvalue weighted by Crippen LogP contribution is -2.20. The lowest BCUT2D eigenvalue weighted by molar-refractivity contribution is 0.602. The van der Waals surface area contributed by atoms with E-state index >= 15 is 0 Å². The Labute approximate surface area is 133 Å². The average Bonchev–Trinajstić information content (AvgIpc) is 2.45. The molecule has 1 heterocycles. The van der Waals surface area contributed by atoms with E-state index in [1.165, 1.54) is 6.26 Å². The van der Waals surface area contributed by atoms with Gasteiger partial charge in [-0.1, -0.05) is 28.1 Å². The predicted molar refractivity (Wildman–Crippen MR) is 89.7 cm³/mol. The van der Waals surface area contributed by atoms with E-state index < -0.39 is 9.84 Å². The van der Waals surface area contributed by atoms with Gasteiger partial charge in [0.2, 0.25) is 0 Å². The van der Waals surface area contributed by atoms with Gasteiger partial charge in [-0.15, -0.1) is 0 Å². The predicted octanol–water partition coefficient (Wildman–Crippen LogP) is 4.02. The standard InChI is InChI=1S/C16H14BrNO2S/c1-21(19,20)15-7-5-14(6-8-15)18-10-2-3-12-11-13(17)4-9-16(12)18/h2-9,11H,10H2,1H3. The van der Waals surface area contributed by atoms with Crippen LogP contribution in [-0.4, -0.2) is 21.2 Å². The Hall–Kier alpha value is -1.59. The van der Waals surface area contributed by atoms with Gasteiger partial charge in [0, 0.05) is 28.6 Å². The van der Waals surface area contributed by atoms with Crippen LogP contribution < -0.4 is 4.90 Å². The summed E-state index contributed by atoms with van der Waals surface area (Å²) >= 11 is 3.48. The van der Waals surface area contributed by atoms with Gasteiger partial charge in [0.05, 0.1) is 4.90 Å². The van der Waals surface area contributed by atoms with Crippen molar-refractivity contribution in [3.8, 4) is 0 Å². The van der Waals surface area contributed by atoms with Crippen molar-refractivity contribution in [3.05, 3.63) is 58.6 Å². The Kier molecular flexibility index (Phi) is 3.63. The van der Waals surface area contributed by atoms with Crippen molar-refractivity contribution >= 4 is 43.2 Å². The third-order valence-electron chi connectivity index (χ3n) is 3.44. The van der Waals surface area contributed by atoms with Gasteiger partial charge in [-0.05, 0) is 48.0 Å². The van der Waals surface area contributed by atoms with Crippen LogP contribution >= 0.6 is 15.9 Å². The third-order valence-corrected chi connectivity index (χ3v) is 5.06. The van der Waals surface area contributed by atoms with Crippen LogP contribution in [0.1, 0.15) is 5.56 Å². The zero-order valence-electron chi connectivity index (χ0n) is 11.5. The summed E-state index contributed by atoms with van der Waals surface area (Å²) in [6.45, 7) is 0.771. The van der Waals surface area contributed by atoms with Gasteiger partial charge in [-0.2, -0.15) is 0 Å². The molecule has 5 heteroatoms. The molecule has 0 bridgehead atoms. The fraction of sp³-hybridized carbons (Fsp3) is 0.125. The van der Waals surface area contributed by atoms with E-state index in [-0.39, 0.29) is 0 Å². The molecule has 0 aromatic heterocycles. The SMILES string of the molecule is CS(=O)(=O)c1ccc(N2CC=Cc3cc(Br)ccc32)cc1. The minimum Gasteiger partial charge on any atom is -0.337 e. The van der Waals surface area contributed by atoms with Gasteiger partial charge in [0.15, 0.2) is 9.84 Å². The van der Waals surface area contributed by atoms with Crippen LogP contribution in [-0.2, 0) is 9.84 Å². The van der Waals surface area contributed by atoms with Gasteiger partial charge in [0.25, 0.3) is 0 Å². The second kappa shape index (κ2) is 5.31. The summed E-state index contributed by atoms with van der Waals surface area (Å²) in [5, 5.41) is 0. The fourth-order valence-corrected chi connectivity index (χ4v) is 3.42. The molecule has 108 valence electrons. The zero-order valence-corrected chi connectivity index (χ0v) is 13.9. The second-order valence-corrected chi connectivity index (χ2v) is 7.91. The van der Waals surface area contributed by atoms with E-state index in [4.69, 9.17) is 0 Å². The zero-order chi connectivity index (χ0) is 15.0. The number of fused-ring (bicyclic) bond motifs is 1. The summed E-state index contributed by atoms with van der Waals surface area (Å²) < 4.78 is 24.1. The third kappa shape index (κ3) is 2.89. The minimum atomic E-state index is -3.16. The number of halogens is 1. The summed E-state index contributed by atoms with van der Waals surface area (Å²) in [6.07, 6.45) is 5.42. The van der Waals surface area contributed by atoms with Gasteiger partial charge in [0.1, 0.15) is 0 Å². The van der Waals surface area contributed by atoms with Crippen molar-refractivity contribution in [2.24, 2.45) is 0 Å². The number of hydrogen-bond donors (Lipinski definition) is 0. The molecule has 0 spiro atoms. The molecule has 1 aliphatic heterocycles. The number of rotatable bonds is 2. The van der Waals surface area contributed by atoms with Crippen LogP contribution in [0.15, 0.2) is 57.9 Å². The molecular formula is C16H14BrNO2S. The quantitative estimate of drug-likeness (QED) is 0.808. The highest BCUT2D eigenvalue weighted by atomic mass is 79.9. The van der Waals surface area contributed by atoms with Crippen molar-refractivity contribution in [1.29, 1.82) is 0 Å². The van der Waals surface area contributed by atoms with E-state index in [1.807, 2.05) is 18.2 Å². The lowest BCUT2D eigenvalue weighted by Gasteiger charge is -2.28. The fourth-order valence-electron chi connectivity index (χ4n) is 2.41. The molecule has 0 amide bonds. The van der Waals surface area contributed by atoms with Crippen LogP contribution in [0.25, 0.3) is 6.08 Å². The van der Waals surface area contributed by atoms with Crippen molar-refractivity contribution in [2.45, 2.75) is 4.90 Å². The van der Waals surface area contributed by atoms with Crippen molar-refractivity contribution in [2.75, 3.05) is 17.7 Å². The lowest BCUT2D eigenvalue weighted by atomic mass is 10.1. The second-order valence-electron chi connectivity index (χ2n) is 4.98. The summed E-state index contributed by atoms with van der Waals surface area (Å²) in [7, 11) is -3.16. The molecule has 0 N–H and O–H groups in total. The maximum atomic E-state index is 11.5. The summed E-state index contributed by atoms with van der Waals surface area (Å²) in [5.41, 5.74) is 3.24. The molecule has 0 saturated heterocycles. The molecule has 1 aliphatic rings. The van der Waals surface area contributed by atoms with E-state index in [0.717, 1.165) is 28.0 Å². The summed E-state index contributed by atoms with van der Waals surface area (Å²) in [4.78, 5) is 2.50. The maximum Gasteiger partial charge on any atom is 0.175 e. The smallest absolute Gasteiger partial charge is 0.175 e. The molecule has 0 saturated carbocycles. The average molecular weight is 364 g/mol. The van der Waals surface area contributed by atoms with Crippen molar-refractivity contribution < 1.29 is 8.42 Å². The highest BCUT2D eigenvalue weighted by Crippen LogP contribution is 2.34. The number of sulfone groups is 1. The first-order valence-electron chi connectivity index (χ1n) is 6.49. The highest BCUT2D eigenvalue weighted by molar-refractivity contribution is 9.10. The first-order chi connectivity index (χ1) is 9.95. The van der Waals surface area contributed by atoms with Crippen LogP contribution in [0, 0.1) is 0 Å².